The van der Waals surface area contributed by atoms with Crippen molar-refractivity contribution in [2.24, 2.45) is 0 Å². The second-order valence-electron chi connectivity index (χ2n) is 5.53. The summed E-state index contributed by atoms with van der Waals surface area (Å²) in [6.07, 6.45) is 3.10. The molecule has 0 fully saturated rings. The number of benzene rings is 2. The molecular formula is C17H19NO2S. The zero-order chi connectivity index (χ0) is 14.9. The van der Waals surface area contributed by atoms with Gasteiger partial charge in [0.15, 0.2) is 9.84 Å². The topological polar surface area (TPSA) is 37.4 Å². The third-order valence-electron chi connectivity index (χ3n) is 4.03. The number of hydrogen-bond donors (Lipinski definition) is 0. The molecule has 1 aliphatic rings. The maximum atomic E-state index is 11.7. The summed E-state index contributed by atoms with van der Waals surface area (Å²) < 4.78 is 23.4. The van der Waals surface area contributed by atoms with Crippen LogP contribution >= 0.6 is 0 Å². The Balaban J connectivity index is 1.86. The summed E-state index contributed by atoms with van der Waals surface area (Å²) in [5, 5.41) is 0. The molecule has 0 radical (unpaired) electrons. The van der Waals surface area contributed by atoms with Gasteiger partial charge in [-0.15, -0.1) is 0 Å². The summed E-state index contributed by atoms with van der Waals surface area (Å²) >= 11 is 0. The van der Waals surface area contributed by atoms with Crippen molar-refractivity contribution >= 4 is 15.5 Å². The maximum Gasteiger partial charge on any atom is 0.175 e. The van der Waals surface area contributed by atoms with Gasteiger partial charge in [0.1, 0.15) is 0 Å². The summed E-state index contributed by atoms with van der Waals surface area (Å²) in [7, 11) is -3.13. The standard InChI is InChI=1S/C17H19NO2S/c1-21(19,20)17-8-7-14-9-11-18(12-10-15(14)13-17)16-5-3-2-4-6-16/h2-8,13H,9-12H2,1H3. The molecule has 0 amide bonds. The van der Waals surface area contributed by atoms with Gasteiger partial charge in [0.25, 0.3) is 0 Å². The summed E-state index contributed by atoms with van der Waals surface area (Å²) in [5.41, 5.74) is 3.66. The summed E-state index contributed by atoms with van der Waals surface area (Å²) in [4.78, 5) is 2.79. The second-order valence-corrected chi connectivity index (χ2v) is 7.54. The third kappa shape index (κ3) is 3.10. The normalized spacial score (nSPS) is 15.4. The predicted molar refractivity (Wildman–Crippen MR) is 85.6 cm³/mol. The highest BCUT2D eigenvalue weighted by Gasteiger charge is 2.16. The van der Waals surface area contributed by atoms with Gasteiger partial charge in [-0.25, -0.2) is 8.42 Å². The molecule has 3 nitrogen and oxygen atoms in total. The van der Waals surface area contributed by atoms with Crippen molar-refractivity contribution in [2.45, 2.75) is 17.7 Å². The van der Waals surface area contributed by atoms with Crippen LogP contribution in [0.5, 0.6) is 0 Å². The van der Waals surface area contributed by atoms with E-state index in [0.29, 0.717) is 4.90 Å². The Kier molecular flexibility index (Phi) is 3.72. The Hall–Kier alpha value is -1.81. The molecule has 0 unspecified atom stereocenters. The van der Waals surface area contributed by atoms with Gasteiger partial charge >= 0.3 is 0 Å². The van der Waals surface area contributed by atoms with Gasteiger partial charge in [0, 0.05) is 25.0 Å². The molecule has 2 aromatic rings. The molecule has 0 aromatic heterocycles. The Morgan fingerprint density at radius 2 is 1.57 bits per heavy atom. The van der Waals surface area contributed by atoms with E-state index in [0.717, 1.165) is 31.5 Å². The van der Waals surface area contributed by atoms with Crippen molar-refractivity contribution in [3.05, 3.63) is 59.7 Å². The first-order valence-electron chi connectivity index (χ1n) is 7.16. The molecule has 0 atom stereocenters. The van der Waals surface area contributed by atoms with Crippen LogP contribution in [-0.2, 0) is 22.7 Å². The number of anilines is 1. The van der Waals surface area contributed by atoms with Crippen molar-refractivity contribution in [3.8, 4) is 0 Å². The molecule has 0 N–H and O–H groups in total. The fourth-order valence-electron chi connectivity index (χ4n) is 2.83. The summed E-state index contributed by atoms with van der Waals surface area (Å²) in [6.45, 7) is 1.89. The molecule has 4 heteroatoms. The highest BCUT2D eigenvalue weighted by Crippen LogP contribution is 2.23. The Labute approximate surface area is 126 Å². The number of rotatable bonds is 2. The van der Waals surface area contributed by atoms with E-state index in [4.69, 9.17) is 0 Å². The largest absolute Gasteiger partial charge is 0.371 e. The fourth-order valence-corrected chi connectivity index (χ4v) is 3.50. The SMILES string of the molecule is CS(=O)(=O)c1ccc2c(c1)CCN(c1ccccc1)CC2. The highest BCUT2D eigenvalue weighted by molar-refractivity contribution is 7.90. The van der Waals surface area contributed by atoms with Gasteiger partial charge in [-0.05, 0) is 48.2 Å². The van der Waals surface area contributed by atoms with Gasteiger partial charge in [0.05, 0.1) is 4.90 Å². The van der Waals surface area contributed by atoms with E-state index < -0.39 is 9.84 Å². The molecule has 0 bridgehead atoms. The van der Waals surface area contributed by atoms with Gasteiger partial charge < -0.3 is 4.90 Å². The lowest BCUT2D eigenvalue weighted by Crippen LogP contribution is -2.25. The van der Waals surface area contributed by atoms with Crippen molar-refractivity contribution in [1.82, 2.24) is 0 Å². The molecule has 0 spiro atoms. The third-order valence-corrected chi connectivity index (χ3v) is 5.14. The van der Waals surface area contributed by atoms with Crippen molar-refractivity contribution < 1.29 is 8.42 Å². The van der Waals surface area contributed by atoms with Gasteiger partial charge in [0.2, 0.25) is 0 Å². The second kappa shape index (κ2) is 5.53. The van der Waals surface area contributed by atoms with Crippen LogP contribution in [0.4, 0.5) is 5.69 Å². The number of sulfone groups is 1. The first-order valence-corrected chi connectivity index (χ1v) is 9.05. The predicted octanol–water partition coefficient (Wildman–Crippen LogP) is 2.70. The Morgan fingerprint density at radius 3 is 2.24 bits per heavy atom. The van der Waals surface area contributed by atoms with E-state index in [1.165, 1.54) is 17.5 Å². The van der Waals surface area contributed by atoms with Crippen LogP contribution in [0.3, 0.4) is 0 Å². The van der Waals surface area contributed by atoms with Crippen LogP contribution < -0.4 is 4.90 Å². The zero-order valence-corrected chi connectivity index (χ0v) is 12.9. The molecular weight excluding hydrogens is 282 g/mol. The molecule has 0 aliphatic carbocycles. The number of fused-ring (bicyclic) bond motifs is 1. The minimum atomic E-state index is -3.13. The van der Waals surface area contributed by atoms with E-state index in [9.17, 15) is 8.42 Å². The van der Waals surface area contributed by atoms with Gasteiger partial charge in [-0.2, -0.15) is 0 Å². The van der Waals surface area contributed by atoms with Crippen LogP contribution in [0.1, 0.15) is 11.1 Å². The fraction of sp³-hybridized carbons (Fsp3) is 0.294. The van der Waals surface area contributed by atoms with Crippen LogP contribution in [0.15, 0.2) is 53.4 Å². The molecule has 2 aromatic carbocycles. The van der Waals surface area contributed by atoms with E-state index in [1.807, 2.05) is 18.2 Å². The average Bonchev–Trinajstić information content (AvgIpc) is 2.69. The van der Waals surface area contributed by atoms with E-state index in [1.54, 1.807) is 6.07 Å². The molecule has 1 heterocycles. The number of para-hydroxylation sites is 1. The lowest BCUT2D eigenvalue weighted by atomic mass is 10.0. The highest BCUT2D eigenvalue weighted by atomic mass is 32.2. The lowest BCUT2D eigenvalue weighted by molar-refractivity contribution is 0.601. The maximum absolute atomic E-state index is 11.7. The summed E-state index contributed by atoms with van der Waals surface area (Å²) in [5.74, 6) is 0. The van der Waals surface area contributed by atoms with Crippen LogP contribution in [0.25, 0.3) is 0 Å². The van der Waals surface area contributed by atoms with E-state index >= 15 is 0 Å². The van der Waals surface area contributed by atoms with Crippen LogP contribution in [0.2, 0.25) is 0 Å². The van der Waals surface area contributed by atoms with E-state index in [-0.39, 0.29) is 0 Å². The minimum absolute atomic E-state index is 0.425. The minimum Gasteiger partial charge on any atom is -0.371 e. The van der Waals surface area contributed by atoms with E-state index in [2.05, 4.69) is 29.2 Å². The van der Waals surface area contributed by atoms with Crippen molar-refractivity contribution in [1.29, 1.82) is 0 Å². The molecule has 1 aliphatic heterocycles. The van der Waals surface area contributed by atoms with Crippen LogP contribution in [-0.4, -0.2) is 27.8 Å². The van der Waals surface area contributed by atoms with Gasteiger partial charge in [-0.1, -0.05) is 24.3 Å². The average molecular weight is 301 g/mol. The number of nitrogens with zero attached hydrogens (tertiary/aromatic N) is 1. The summed E-state index contributed by atoms with van der Waals surface area (Å²) in [6, 6.07) is 15.9. The Bertz CT molecular complexity index is 739. The molecule has 0 saturated heterocycles. The molecule has 0 saturated carbocycles. The smallest absolute Gasteiger partial charge is 0.175 e. The first kappa shape index (κ1) is 14.1. The molecule has 3 rings (SSSR count). The first-order chi connectivity index (χ1) is 10.0. The molecule has 21 heavy (non-hydrogen) atoms. The Morgan fingerprint density at radius 1 is 0.905 bits per heavy atom. The van der Waals surface area contributed by atoms with Crippen molar-refractivity contribution in [3.63, 3.8) is 0 Å². The quantitative estimate of drug-likeness (QED) is 0.856. The lowest BCUT2D eigenvalue weighted by Gasteiger charge is -2.22. The van der Waals surface area contributed by atoms with Crippen molar-refractivity contribution in [2.75, 3.05) is 24.2 Å². The monoisotopic (exact) mass is 301 g/mol. The van der Waals surface area contributed by atoms with Crippen LogP contribution in [0, 0.1) is 0 Å². The van der Waals surface area contributed by atoms with Gasteiger partial charge in [-0.3, -0.25) is 0 Å². The molecule has 110 valence electrons. The zero-order valence-electron chi connectivity index (χ0n) is 12.1. The number of hydrogen-bond acceptors (Lipinski definition) is 3.